The highest BCUT2D eigenvalue weighted by atomic mass is 16.5. The van der Waals surface area contributed by atoms with Crippen molar-refractivity contribution in [3.8, 4) is 0 Å². The lowest BCUT2D eigenvalue weighted by atomic mass is 9.76. The van der Waals surface area contributed by atoms with Crippen LogP contribution in [0.3, 0.4) is 0 Å². The second-order valence-electron chi connectivity index (χ2n) is 6.89. The third-order valence-corrected chi connectivity index (χ3v) is 5.00. The fourth-order valence-electron chi connectivity index (χ4n) is 3.41. The Hall–Kier alpha value is -2.21. The van der Waals surface area contributed by atoms with E-state index in [2.05, 4.69) is 15.5 Å². The zero-order chi connectivity index (χ0) is 17.8. The van der Waals surface area contributed by atoms with Crippen molar-refractivity contribution in [1.82, 2.24) is 15.5 Å². The summed E-state index contributed by atoms with van der Waals surface area (Å²) in [6.07, 6.45) is 4.71. The van der Waals surface area contributed by atoms with Crippen molar-refractivity contribution >= 4 is 5.91 Å². The molecule has 0 aliphatic heterocycles. The summed E-state index contributed by atoms with van der Waals surface area (Å²) in [6.45, 7) is 3.76. The second kappa shape index (κ2) is 7.78. The predicted molar refractivity (Wildman–Crippen MR) is 92.9 cm³/mol. The fourth-order valence-corrected chi connectivity index (χ4v) is 3.41. The minimum Gasteiger partial charge on any atom is -0.393 e. The summed E-state index contributed by atoms with van der Waals surface area (Å²) in [4.78, 5) is 16.8. The molecule has 6 nitrogen and oxygen atoms in total. The number of aryl methyl sites for hydroxylation is 2. The summed E-state index contributed by atoms with van der Waals surface area (Å²) in [5.41, 5.74) is 2.81. The molecular weight excluding hydrogens is 318 g/mol. The molecule has 1 fully saturated rings. The van der Waals surface area contributed by atoms with Gasteiger partial charge >= 0.3 is 0 Å². The number of carbonyl (C=O) groups excluding carboxylic acids is 1. The maximum absolute atomic E-state index is 12.4. The highest BCUT2D eigenvalue weighted by Gasteiger charge is 2.34. The SMILES string of the molecule is Cc1noc(C)c1CCC(=O)N[C@@H](Cc1ccccn1)C1CC(O)C1. The first-order valence-electron chi connectivity index (χ1n) is 8.82. The van der Waals surface area contributed by atoms with Crippen molar-refractivity contribution in [3.63, 3.8) is 0 Å². The number of carbonyl (C=O) groups is 1. The standard InChI is InChI=1S/C19H25N3O3/c1-12-17(13(2)25-22-12)6-7-19(24)21-18(14-9-16(23)10-14)11-15-5-3-4-8-20-15/h3-5,8,14,16,18,23H,6-7,9-11H2,1-2H3,(H,21,24)/t14?,16?,18-/m0/s1. The molecule has 0 aromatic carbocycles. The minimum atomic E-state index is -0.240. The Morgan fingerprint density at radius 3 is 2.80 bits per heavy atom. The topological polar surface area (TPSA) is 88.3 Å². The summed E-state index contributed by atoms with van der Waals surface area (Å²) in [6, 6.07) is 5.82. The molecule has 1 amide bonds. The van der Waals surface area contributed by atoms with E-state index in [1.54, 1.807) is 6.20 Å². The van der Waals surface area contributed by atoms with Crippen LogP contribution in [0.15, 0.2) is 28.9 Å². The Kier molecular flexibility index (Phi) is 5.48. The maximum Gasteiger partial charge on any atom is 0.220 e. The molecule has 2 aromatic heterocycles. The van der Waals surface area contributed by atoms with Crippen molar-refractivity contribution in [3.05, 3.63) is 47.1 Å². The number of nitrogens with zero attached hydrogens (tertiary/aromatic N) is 2. The number of hydrogen-bond acceptors (Lipinski definition) is 5. The van der Waals surface area contributed by atoms with Crippen LogP contribution < -0.4 is 5.32 Å². The molecule has 0 bridgehead atoms. The van der Waals surface area contributed by atoms with Gasteiger partial charge in [-0.05, 0) is 51.2 Å². The lowest BCUT2D eigenvalue weighted by molar-refractivity contribution is -0.122. The van der Waals surface area contributed by atoms with E-state index >= 15 is 0 Å². The molecular formula is C19H25N3O3. The molecule has 2 N–H and O–H groups in total. The maximum atomic E-state index is 12.4. The van der Waals surface area contributed by atoms with Crippen LogP contribution in [-0.4, -0.2) is 33.3 Å². The van der Waals surface area contributed by atoms with E-state index in [4.69, 9.17) is 4.52 Å². The Morgan fingerprint density at radius 1 is 1.40 bits per heavy atom. The van der Waals surface area contributed by atoms with Gasteiger partial charge in [-0.2, -0.15) is 0 Å². The van der Waals surface area contributed by atoms with Gasteiger partial charge in [0.25, 0.3) is 0 Å². The molecule has 1 aliphatic rings. The normalized spacial score (nSPS) is 20.8. The highest BCUT2D eigenvalue weighted by molar-refractivity contribution is 5.76. The van der Waals surface area contributed by atoms with Gasteiger partial charge in [0.1, 0.15) is 5.76 Å². The molecule has 2 heterocycles. The van der Waals surface area contributed by atoms with Crippen LogP contribution in [0.4, 0.5) is 0 Å². The van der Waals surface area contributed by atoms with Gasteiger partial charge in [-0.15, -0.1) is 0 Å². The van der Waals surface area contributed by atoms with Crippen molar-refractivity contribution in [1.29, 1.82) is 0 Å². The number of amides is 1. The fraction of sp³-hybridized carbons (Fsp3) is 0.526. The van der Waals surface area contributed by atoms with Crippen LogP contribution in [0, 0.1) is 19.8 Å². The van der Waals surface area contributed by atoms with Crippen LogP contribution >= 0.6 is 0 Å². The zero-order valence-electron chi connectivity index (χ0n) is 14.7. The number of nitrogens with one attached hydrogen (secondary N) is 1. The first-order chi connectivity index (χ1) is 12.0. The van der Waals surface area contributed by atoms with Crippen LogP contribution in [0.2, 0.25) is 0 Å². The molecule has 0 unspecified atom stereocenters. The Labute approximate surface area is 147 Å². The van der Waals surface area contributed by atoms with E-state index in [9.17, 15) is 9.90 Å². The molecule has 6 heteroatoms. The lowest BCUT2D eigenvalue weighted by Gasteiger charge is -2.38. The Bertz CT molecular complexity index is 688. The van der Waals surface area contributed by atoms with Crippen LogP contribution in [-0.2, 0) is 17.6 Å². The summed E-state index contributed by atoms with van der Waals surface area (Å²) >= 11 is 0. The van der Waals surface area contributed by atoms with Crippen LogP contribution in [0.1, 0.15) is 42.0 Å². The molecule has 1 saturated carbocycles. The van der Waals surface area contributed by atoms with Gasteiger partial charge in [-0.3, -0.25) is 9.78 Å². The zero-order valence-corrected chi connectivity index (χ0v) is 14.7. The number of aromatic nitrogens is 2. The third-order valence-electron chi connectivity index (χ3n) is 5.00. The second-order valence-corrected chi connectivity index (χ2v) is 6.89. The Morgan fingerprint density at radius 2 is 2.20 bits per heavy atom. The Balaban J connectivity index is 1.58. The van der Waals surface area contributed by atoms with Crippen molar-refractivity contribution in [2.45, 2.75) is 58.1 Å². The average molecular weight is 343 g/mol. The minimum absolute atomic E-state index is 0.00969. The summed E-state index contributed by atoms with van der Waals surface area (Å²) in [5, 5.41) is 16.7. The van der Waals surface area contributed by atoms with Gasteiger partial charge in [-0.1, -0.05) is 11.2 Å². The summed E-state index contributed by atoms with van der Waals surface area (Å²) < 4.78 is 5.15. The van der Waals surface area contributed by atoms with Gasteiger partial charge < -0.3 is 14.9 Å². The van der Waals surface area contributed by atoms with Crippen LogP contribution in [0.5, 0.6) is 0 Å². The molecule has 0 saturated heterocycles. The molecule has 1 atom stereocenters. The smallest absolute Gasteiger partial charge is 0.220 e. The van der Waals surface area contributed by atoms with E-state index in [1.807, 2.05) is 32.0 Å². The van der Waals surface area contributed by atoms with E-state index in [1.165, 1.54) is 0 Å². The molecule has 1 aliphatic carbocycles. The molecule has 25 heavy (non-hydrogen) atoms. The van der Waals surface area contributed by atoms with Gasteiger partial charge in [0.05, 0.1) is 11.8 Å². The average Bonchev–Trinajstić information content (AvgIpc) is 2.89. The van der Waals surface area contributed by atoms with Crippen molar-refractivity contribution in [2.24, 2.45) is 5.92 Å². The molecule has 2 aromatic rings. The van der Waals surface area contributed by atoms with E-state index < -0.39 is 0 Å². The first kappa shape index (κ1) is 17.6. The molecule has 0 spiro atoms. The number of pyridine rings is 1. The quantitative estimate of drug-likeness (QED) is 0.804. The largest absolute Gasteiger partial charge is 0.393 e. The molecule has 134 valence electrons. The number of rotatable bonds is 7. The van der Waals surface area contributed by atoms with E-state index in [0.29, 0.717) is 25.2 Å². The summed E-state index contributed by atoms with van der Waals surface area (Å²) in [5.74, 6) is 1.10. The number of aliphatic hydroxyl groups is 1. The first-order valence-corrected chi connectivity index (χ1v) is 8.82. The number of aliphatic hydroxyl groups excluding tert-OH is 1. The highest BCUT2D eigenvalue weighted by Crippen LogP contribution is 2.31. The molecule has 0 radical (unpaired) electrons. The van der Waals surface area contributed by atoms with Gasteiger partial charge in [0.15, 0.2) is 0 Å². The van der Waals surface area contributed by atoms with Gasteiger partial charge in [-0.25, -0.2) is 0 Å². The lowest BCUT2D eigenvalue weighted by Crippen LogP contribution is -2.48. The van der Waals surface area contributed by atoms with Gasteiger partial charge in [0.2, 0.25) is 5.91 Å². The van der Waals surface area contributed by atoms with Crippen molar-refractivity contribution in [2.75, 3.05) is 0 Å². The predicted octanol–water partition coefficient (Wildman–Crippen LogP) is 2.12. The third kappa shape index (κ3) is 4.45. The van der Waals surface area contributed by atoms with Gasteiger partial charge in [0, 0.05) is 36.3 Å². The molecule has 3 rings (SSSR count). The van der Waals surface area contributed by atoms with Crippen molar-refractivity contribution < 1.29 is 14.4 Å². The van der Waals surface area contributed by atoms with E-state index in [0.717, 1.165) is 35.6 Å². The van der Waals surface area contributed by atoms with Crippen LogP contribution in [0.25, 0.3) is 0 Å². The summed E-state index contributed by atoms with van der Waals surface area (Å²) in [7, 11) is 0. The monoisotopic (exact) mass is 343 g/mol. The van der Waals surface area contributed by atoms with E-state index in [-0.39, 0.29) is 18.1 Å². The number of hydrogen-bond donors (Lipinski definition) is 2.